The maximum atomic E-state index is 11.4. The minimum Gasteiger partial charge on any atom is -0.366 e. The number of amides is 1. The summed E-state index contributed by atoms with van der Waals surface area (Å²) in [4.78, 5) is 11.4. The first-order valence-electron chi connectivity index (χ1n) is 5.49. The largest absolute Gasteiger partial charge is 0.366 e. The van der Waals surface area contributed by atoms with Crippen molar-refractivity contribution < 1.29 is 4.79 Å². The summed E-state index contributed by atoms with van der Waals surface area (Å²) in [5.74, 6) is 0.0585. The highest BCUT2D eigenvalue weighted by Crippen LogP contribution is 2.27. The lowest BCUT2D eigenvalue weighted by Crippen LogP contribution is -2.60. The molecule has 1 aliphatic heterocycles. The molecular weight excluding hydrogens is 176 g/mol. The van der Waals surface area contributed by atoms with Gasteiger partial charge in [-0.05, 0) is 32.6 Å². The highest BCUT2D eigenvalue weighted by Gasteiger charge is 2.34. The van der Waals surface area contributed by atoms with Crippen LogP contribution in [0.1, 0.15) is 45.4 Å². The Morgan fingerprint density at radius 3 is 2.36 bits per heavy atom. The first-order valence-corrected chi connectivity index (χ1v) is 5.49. The van der Waals surface area contributed by atoms with E-state index in [-0.39, 0.29) is 11.6 Å². The molecule has 1 fully saturated rings. The summed E-state index contributed by atoms with van der Waals surface area (Å²) in [5.41, 5.74) is 0.863. The number of carbonyl (C=O) groups excluding carboxylic acids is 1. The molecule has 0 aromatic carbocycles. The second kappa shape index (κ2) is 3.64. The van der Waals surface area contributed by atoms with E-state index >= 15 is 0 Å². The quantitative estimate of drug-likeness (QED) is 0.615. The zero-order valence-electron chi connectivity index (χ0n) is 8.73. The maximum Gasteiger partial charge on any atom is 0.247 e. The fraction of sp³-hybridized carbons (Fsp3) is 0.727. The summed E-state index contributed by atoms with van der Waals surface area (Å²) < 4.78 is 0. The SMILES string of the molecule is CC1=CC(=O)NC2(CCCCCC2)N1. The average Bonchev–Trinajstić information content (AvgIpc) is 2.28. The van der Waals surface area contributed by atoms with Crippen molar-refractivity contribution in [2.24, 2.45) is 0 Å². The molecule has 3 heteroatoms. The third-order valence-electron chi connectivity index (χ3n) is 3.10. The van der Waals surface area contributed by atoms with Crippen LogP contribution in [0.5, 0.6) is 0 Å². The van der Waals surface area contributed by atoms with Crippen LogP contribution in [0.2, 0.25) is 0 Å². The third kappa shape index (κ3) is 1.91. The monoisotopic (exact) mass is 194 g/mol. The van der Waals surface area contributed by atoms with E-state index in [1.54, 1.807) is 6.08 Å². The van der Waals surface area contributed by atoms with Gasteiger partial charge in [0.15, 0.2) is 0 Å². The number of hydrogen-bond acceptors (Lipinski definition) is 2. The summed E-state index contributed by atoms with van der Waals surface area (Å²) >= 11 is 0. The van der Waals surface area contributed by atoms with Crippen molar-refractivity contribution in [3.63, 3.8) is 0 Å². The zero-order chi connectivity index (χ0) is 10.0. The van der Waals surface area contributed by atoms with Crippen molar-refractivity contribution in [3.8, 4) is 0 Å². The molecule has 2 aliphatic rings. The molecule has 1 saturated carbocycles. The summed E-state index contributed by atoms with van der Waals surface area (Å²) in [6, 6.07) is 0. The molecule has 0 aromatic rings. The van der Waals surface area contributed by atoms with Crippen LogP contribution in [0.25, 0.3) is 0 Å². The molecule has 2 rings (SSSR count). The lowest BCUT2D eigenvalue weighted by atomic mass is 9.98. The number of hydrogen-bond donors (Lipinski definition) is 2. The van der Waals surface area contributed by atoms with Crippen LogP contribution in [-0.4, -0.2) is 11.6 Å². The van der Waals surface area contributed by atoms with Gasteiger partial charge in [-0.25, -0.2) is 0 Å². The van der Waals surface area contributed by atoms with Crippen molar-refractivity contribution >= 4 is 5.91 Å². The molecule has 1 spiro atoms. The van der Waals surface area contributed by atoms with E-state index in [0.29, 0.717) is 0 Å². The third-order valence-corrected chi connectivity index (χ3v) is 3.10. The number of nitrogens with one attached hydrogen (secondary N) is 2. The second-order valence-electron chi connectivity index (χ2n) is 4.44. The van der Waals surface area contributed by atoms with Gasteiger partial charge < -0.3 is 10.6 Å². The van der Waals surface area contributed by atoms with Crippen molar-refractivity contribution in [1.29, 1.82) is 0 Å². The predicted octanol–water partition coefficient (Wildman–Crippen LogP) is 1.66. The predicted molar refractivity (Wildman–Crippen MR) is 55.5 cm³/mol. The molecule has 3 nitrogen and oxygen atoms in total. The van der Waals surface area contributed by atoms with Crippen molar-refractivity contribution in [1.82, 2.24) is 10.6 Å². The van der Waals surface area contributed by atoms with Gasteiger partial charge in [0.1, 0.15) is 5.66 Å². The summed E-state index contributed by atoms with van der Waals surface area (Å²) in [7, 11) is 0. The van der Waals surface area contributed by atoms with E-state index in [4.69, 9.17) is 0 Å². The minimum atomic E-state index is -0.133. The van der Waals surface area contributed by atoms with Gasteiger partial charge in [-0.2, -0.15) is 0 Å². The molecule has 0 aromatic heterocycles. The molecule has 1 amide bonds. The lowest BCUT2D eigenvalue weighted by molar-refractivity contribution is -0.119. The Bertz CT molecular complexity index is 262. The van der Waals surface area contributed by atoms with Gasteiger partial charge in [0.05, 0.1) is 0 Å². The van der Waals surface area contributed by atoms with E-state index in [1.165, 1.54) is 25.7 Å². The van der Waals surface area contributed by atoms with Gasteiger partial charge >= 0.3 is 0 Å². The number of carbonyl (C=O) groups is 1. The molecule has 1 heterocycles. The summed E-state index contributed by atoms with van der Waals surface area (Å²) in [5, 5.41) is 6.51. The Labute approximate surface area is 84.9 Å². The fourth-order valence-corrected chi connectivity index (χ4v) is 2.50. The molecule has 2 N–H and O–H groups in total. The maximum absolute atomic E-state index is 11.4. The van der Waals surface area contributed by atoms with Gasteiger partial charge in [0.25, 0.3) is 0 Å². The molecule has 0 atom stereocenters. The van der Waals surface area contributed by atoms with E-state index < -0.39 is 0 Å². The zero-order valence-corrected chi connectivity index (χ0v) is 8.73. The van der Waals surface area contributed by atoms with Gasteiger partial charge in [0, 0.05) is 11.8 Å². The minimum absolute atomic E-state index is 0.0585. The Balaban J connectivity index is 2.14. The number of allylic oxidation sites excluding steroid dienone is 1. The normalized spacial score (nSPS) is 26.1. The molecule has 14 heavy (non-hydrogen) atoms. The van der Waals surface area contributed by atoms with Crippen LogP contribution < -0.4 is 10.6 Å². The Morgan fingerprint density at radius 2 is 1.79 bits per heavy atom. The molecule has 0 bridgehead atoms. The van der Waals surface area contributed by atoms with Crippen LogP contribution in [-0.2, 0) is 4.79 Å². The summed E-state index contributed by atoms with van der Waals surface area (Å²) in [6.45, 7) is 1.96. The van der Waals surface area contributed by atoms with Crippen molar-refractivity contribution in [2.45, 2.75) is 51.1 Å². The van der Waals surface area contributed by atoms with Crippen LogP contribution in [0.3, 0.4) is 0 Å². The van der Waals surface area contributed by atoms with Crippen molar-refractivity contribution in [2.75, 3.05) is 0 Å². The highest BCUT2D eigenvalue weighted by atomic mass is 16.1. The Morgan fingerprint density at radius 1 is 1.14 bits per heavy atom. The lowest BCUT2D eigenvalue weighted by Gasteiger charge is -2.38. The van der Waals surface area contributed by atoms with Gasteiger partial charge in [-0.1, -0.05) is 12.8 Å². The number of rotatable bonds is 0. The molecule has 78 valence electrons. The van der Waals surface area contributed by atoms with Crippen LogP contribution in [0.4, 0.5) is 0 Å². The van der Waals surface area contributed by atoms with Gasteiger partial charge in [0.2, 0.25) is 5.91 Å². The van der Waals surface area contributed by atoms with E-state index in [2.05, 4.69) is 10.6 Å². The van der Waals surface area contributed by atoms with Crippen LogP contribution in [0, 0.1) is 0 Å². The fourth-order valence-electron chi connectivity index (χ4n) is 2.50. The Kier molecular flexibility index (Phi) is 2.48. The van der Waals surface area contributed by atoms with Crippen molar-refractivity contribution in [3.05, 3.63) is 11.8 Å². The van der Waals surface area contributed by atoms with E-state index in [0.717, 1.165) is 18.5 Å². The average molecular weight is 194 g/mol. The molecule has 0 saturated heterocycles. The molecular formula is C11H18N2O. The summed E-state index contributed by atoms with van der Waals surface area (Å²) in [6.07, 6.45) is 8.76. The van der Waals surface area contributed by atoms with E-state index in [1.807, 2.05) is 6.92 Å². The topological polar surface area (TPSA) is 41.1 Å². The standard InChI is InChI=1S/C11H18N2O/c1-9-8-10(14)13-11(12-9)6-4-2-3-5-7-11/h8,12H,2-7H2,1H3,(H,13,14). The smallest absolute Gasteiger partial charge is 0.247 e. The van der Waals surface area contributed by atoms with Gasteiger partial charge in [-0.3, -0.25) is 4.79 Å². The second-order valence-corrected chi connectivity index (χ2v) is 4.44. The van der Waals surface area contributed by atoms with Crippen LogP contribution >= 0.6 is 0 Å². The first kappa shape index (κ1) is 9.56. The molecule has 0 radical (unpaired) electrons. The highest BCUT2D eigenvalue weighted by molar-refractivity contribution is 5.89. The van der Waals surface area contributed by atoms with Crippen LogP contribution in [0.15, 0.2) is 11.8 Å². The van der Waals surface area contributed by atoms with E-state index in [9.17, 15) is 4.79 Å². The molecule has 1 aliphatic carbocycles. The first-order chi connectivity index (χ1) is 6.70. The van der Waals surface area contributed by atoms with Gasteiger partial charge in [-0.15, -0.1) is 0 Å². The molecule has 0 unspecified atom stereocenters. The Hall–Kier alpha value is -0.990.